The molecular weight excluding hydrogens is 320 g/mol. The number of hydrogen-bond donors (Lipinski definition) is 2. The van der Waals surface area contributed by atoms with E-state index in [9.17, 15) is 17.2 Å². The fourth-order valence-electron chi connectivity index (χ4n) is 1.69. The van der Waals surface area contributed by atoms with Crippen LogP contribution in [0.5, 0.6) is 0 Å². The summed E-state index contributed by atoms with van der Waals surface area (Å²) in [7, 11) is -4.11. The van der Waals surface area contributed by atoms with Gasteiger partial charge in [0.05, 0.1) is 6.54 Å². The molecule has 114 valence electrons. The predicted octanol–water partition coefficient (Wildman–Crippen LogP) is 1.67. The van der Waals surface area contributed by atoms with Gasteiger partial charge in [-0.1, -0.05) is 0 Å². The Balaban J connectivity index is 2.27. The van der Waals surface area contributed by atoms with Gasteiger partial charge in [0.15, 0.2) is 5.82 Å². The van der Waals surface area contributed by atoms with Crippen molar-refractivity contribution in [2.45, 2.75) is 24.9 Å². The number of aromatic nitrogens is 1. The van der Waals surface area contributed by atoms with E-state index in [1.807, 2.05) is 0 Å². The molecule has 21 heavy (non-hydrogen) atoms. The third-order valence-corrected chi connectivity index (χ3v) is 5.11. The molecule has 0 spiro atoms. The summed E-state index contributed by atoms with van der Waals surface area (Å²) in [6.45, 7) is 1.30. The maximum atomic E-state index is 14.0. The summed E-state index contributed by atoms with van der Waals surface area (Å²) in [6, 6.07) is 1.76. The molecule has 0 radical (unpaired) electrons. The molecule has 0 bridgehead atoms. The van der Waals surface area contributed by atoms with Gasteiger partial charge < -0.3 is 5.73 Å². The van der Waals surface area contributed by atoms with Gasteiger partial charge >= 0.3 is 0 Å². The van der Waals surface area contributed by atoms with E-state index in [4.69, 9.17) is 5.73 Å². The Morgan fingerprint density at radius 2 is 2.10 bits per heavy atom. The number of sulfonamides is 1. The van der Waals surface area contributed by atoms with E-state index in [2.05, 4.69) is 9.71 Å². The zero-order chi connectivity index (χ0) is 15.6. The lowest BCUT2D eigenvalue weighted by atomic mass is 10.2. The fourth-order valence-corrected chi connectivity index (χ4v) is 3.58. The van der Waals surface area contributed by atoms with Gasteiger partial charge in [-0.2, -0.15) is 0 Å². The first-order chi connectivity index (χ1) is 9.85. The van der Waals surface area contributed by atoms with Crippen molar-refractivity contribution in [3.05, 3.63) is 45.4 Å². The number of aryl methyl sites for hydroxylation is 1. The average molecular weight is 333 g/mol. The summed E-state index contributed by atoms with van der Waals surface area (Å²) in [4.78, 5) is 3.47. The van der Waals surface area contributed by atoms with Gasteiger partial charge in [-0.3, -0.25) is 0 Å². The number of thiazole rings is 1. The van der Waals surface area contributed by atoms with Crippen molar-refractivity contribution in [2.75, 3.05) is 0 Å². The first-order valence-corrected chi connectivity index (χ1v) is 8.29. The van der Waals surface area contributed by atoms with Crippen LogP contribution in [0.3, 0.4) is 0 Å². The highest BCUT2D eigenvalue weighted by Crippen LogP contribution is 2.21. The Labute approximate surface area is 124 Å². The molecule has 1 aromatic carbocycles. The molecule has 0 aliphatic heterocycles. The number of halogens is 2. The quantitative estimate of drug-likeness (QED) is 0.871. The molecule has 0 saturated heterocycles. The lowest BCUT2D eigenvalue weighted by Crippen LogP contribution is -2.25. The normalized spacial score (nSPS) is 11.8. The van der Waals surface area contributed by atoms with Crippen LogP contribution in [0, 0.1) is 18.6 Å². The highest BCUT2D eigenvalue weighted by Gasteiger charge is 2.23. The molecule has 0 saturated carbocycles. The number of nitrogens with two attached hydrogens (primary N) is 1. The molecule has 0 aliphatic carbocycles. The van der Waals surface area contributed by atoms with E-state index >= 15 is 0 Å². The molecule has 0 fully saturated rings. The molecular formula is C12H13F2N3O2S2. The molecule has 2 aromatic rings. The van der Waals surface area contributed by atoms with Gasteiger partial charge in [-0.15, -0.1) is 11.3 Å². The number of nitrogens with zero attached hydrogens (tertiary/aromatic N) is 1. The van der Waals surface area contributed by atoms with Crippen molar-refractivity contribution in [3.63, 3.8) is 0 Å². The summed E-state index contributed by atoms with van der Waals surface area (Å²) in [5.74, 6) is -2.04. The maximum absolute atomic E-state index is 14.0. The summed E-state index contributed by atoms with van der Waals surface area (Å²) < 4.78 is 53.7. The first kappa shape index (κ1) is 16.0. The Morgan fingerprint density at radius 3 is 2.67 bits per heavy atom. The van der Waals surface area contributed by atoms with E-state index in [-0.39, 0.29) is 6.54 Å². The van der Waals surface area contributed by atoms with Crippen LogP contribution in [0.2, 0.25) is 0 Å². The van der Waals surface area contributed by atoms with E-state index < -0.39 is 38.7 Å². The predicted molar refractivity (Wildman–Crippen MR) is 75.1 cm³/mol. The van der Waals surface area contributed by atoms with Crippen LogP contribution in [0.1, 0.15) is 16.3 Å². The molecule has 9 heteroatoms. The van der Waals surface area contributed by atoms with Gasteiger partial charge in [-0.05, 0) is 19.1 Å². The van der Waals surface area contributed by atoms with Gasteiger partial charge in [0.1, 0.15) is 15.7 Å². The second kappa shape index (κ2) is 6.14. The average Bonchev–Trinajstić information content (AvgIpc) is 2.83. The molecule has 3 N–H and O–H groups in total. The van der Waals surface area contributed by atoms with Crippen LogP contribution in [0.15, 0.2) is 22.4 Å². The summed E-state index contributed by atoms with van der Waals surface area (Å²) >= 11 is 1.29. The van der Waals surface area contributed by atoms with Gasteiger partial charge in [0, 0.05) is 23.2 Å². The van der Waals surface area contributed by atoms with Crippen molar-refractivity contribution in [3.8, 4) is 0 Å². The lowest BCUT2D eigenvalue weighted by molar-refractivity contribution is 0.525. The molecule has 1 heterocycles. The van der Waals surface area contributed by atoms with E-state index in [0.717, 1.165) is 17.8 Å². The van der Waals surface area contributed by atoms with Crippen LogP contribution in [0.4, 0.5) is 8.78 Å². The number of hydrogen-bond acceptors (Lipinski definition) is 5. The molecule has 0 unspecified atom stereocenters. The van der Waals surface area contributed by atoms with Gasteiger partial charge in [-0.25, -0.2) is 26.9 Å². The third kappa shape index (κ3) is 3.43. The smallest absolute Gasteiger partial charge is 0.243 e. The van der Waals surface area contributed by atoms with Crippen LogP contribution < -0.4 is 10.5 Å². The summed E-state index contributed by atoms with van der Waals surface area (Å²) in [5, 5.41) is 2.33. The maximum Gasteiger partial charge on any atom is 0.243 e. The molecule has 5 nitrogen and oxygen atoms in total. The van der Waals surface area contributed by atoms with E-state index in [0.29, 0.717) is 5.01 Å². The minimum Gasteiger partial charge on any atom is -0.326 e. The van der Waals surface area contributed by atoms with Crippen molar-refractivity contribution < 1.29 is 17.2 Å². The van der Waals surface area contributed by atoms with E-state index in [1.54, 1.807) is 12.3 Å². The molecule has 0 atom stereocenters. The Morgan fingerprint density at radius 1 is 1.38 bits per heavy atom. The Kier molecular flexibility index (Phi) is 4.67. The summed E-state index contributed by atoms with van der Waals surface area (Å²) in [5.41, 5.74) is 5.54. The lowest BCUT2D eigenvalue weighted by Gasteiger charge is -2.09. The third-order valence-electron chi connectivity index (χ3n) is 2.72. The second-order valence-corrected chi connectivity index (χ2v) is 6.93. The minimum atomic E-state index is -4.11. The number of rotatable bonds is 5. The zero-order valence-electron chi connectivity index (χ0n) is 11.1. The van der Waals surface area contributed by atoms with Crippen molar-refractivity contribution >= 4 is 21.4 Å². The molecule has 0 aliphatic rings. The topological polar surface area (TPSA) is 85.1 Å². The zero-order valence-corrected chi connectivity index (χ0v) is 12.7. The van der Waals surface area contributed by atoms with Crippen LogP contribution >= 0.6 is 11.3 Å². The Hall–Kier alpha value is -1.42. The Bertz CT molecular complexity index is 760. The minimum absolute atomic E-state index is 0.0599. The van der Waals surface area contributed by atoms with Gasteiger partial charge in [0.2, 0.25) is 10.0 Å². The van der Waals surface area contributed by atoms with Crippen molar-refractivity contribution in [1.29, 1.82) is 0 Å². The highest BCUT2D eigenvalue weighted by molar-refractivity contribution is 7.89. The van der Waals surface area contributed by atoms with E-state index in [1.165, 1.54) is 11.3 Å². The fraction of sp³-hybridized carbons (Fsp3) is 0.250. The standard InChI is InChI=1S/C12H13F2N3O2S2/c1-7-6-20-11(17-7)5-16-21(18,19)10-3-2-9(13)8(4-15)12(10)14/h2-3,6,16H,4-5,15H2,1H3. The first-order valence-electron chi connectivity index (χ1n) is 5.92. The molecule has 0 amide bonds. The van der Waals surface area contributed by atoms with Crippen LogP contribution in [0.25, 0.3) is 0 Å². The molecule has 1 aromatic heterocycles. The van der Waals surface area contributed by atoms with Crippen molar-refractivity contribution in [1.82, 2.24) is 9.71 Å². The number of benzene rings is 1. The monoisotopic (exact) mass is 333 g/mol. The number of nitrogens with one attached hydrogen (secondary N) is 1. The SMILES string of the molecule is Cc1csc(CNS(=O)(=O)c2ccc(F)c(CN)c2F)n1. The second-order valence-electron chi connectivity index (χ2n) is 4.25. The largest absolute Gasteiger partial charge is 0.326 e. The van der Waals surface area contributed by atoms with Gasteiger partial charge in [0.25, 0.3) is 0 Å². The van der Waals surface area contributed by atoms with Crippen LogP contribution in [-0.4, -0.2) is 13.4 Å². The van der Waals surface area contributed by atoms with Crippen molar-refractivity contribution in [2.24, 2.45) is 5.73 Å². The van der Waals surface area contributed by atoms with Crippen LogP contribution in [-0.2, 0) is 23.1 Å². The highest BCUT2D eigenvalue weighted by atomic mass is 32.2. The molecule has 2 rings (SSSR count). The summed E-state index contributed by atoms with van der Waals surface area (Å²) in [6.07, 6.45) is 0.